The van der Waals surface area contributed by atoms with Crippen molar-refractivity contribution >= 4 is 70.9 Å². The molecule has 0 aromatic heterocycles. The molecule has 0 bridgehead atoms. The Morgan fingerprint density at radius 1 is 0.483 bits per heavy atom. The van der Waals surface area contributed by atoms with Crippen LogP contribution >= 0.6 is 0 Å². The van der Waals surface area contributed by atoms with Crippen molar-refractivity contribution in [2.45, 2.75) is 222 Å². The molecule has 0 saturated carbocycles. The summed E-state index contributed by atoms with van der Waals surface area (Å²) in [5.74, 6) is -8.89. The smallest absolute Gasteiger partial charge is 0.381 e. The molecule has 26 heteroatoms. The SMILES string of the molecule is CC[C@H]1NC(=O)C([C@@H](O)[C@@H](C)CC(O)C#CC(=O)O)N(C)C(=O)[C@@H](C(C)C)N(C)C(=O)[C@@H](CC(C)C)N(C)C(=O)[C@@H](CC(C)C)N(C)C(=O)[C@@H](C)NC(=O)[C@@H](C)NC(=O)[C@@H](CC(C)C)N(C)C(=O)[C@@H](C(C)C)NC(=O)[C@@H](CC(C)C)N(C)C(=O)CN(C)C1=O. The minimum atomic E-state index is -1.87. The van der Waals surface area contributed by atoms with E-state index in [-0.39, 0.29) is 55.8 Å². The fourth-order valence-corrected chi connectivity index (χ4v) is 10.9. The van der Waals surface area contributed by atoms with Crippen molar-refractivity contribution in [3.8, 4) is 11.8 Å². The van der Waals surface area contributed by atoms with Gasteiger partial charge in [-0.15, -0.1) is 0 Å². The lowest BCUT2D eigenvalue weighted by atomic mass is 9.90. The standard InChI is InChI=1S/C63H109N11O15/c1-24-43-59(85)68(17)32-48(76)69(18)44(27-33(2)3)56(82)67-50(37(10)11)62(88)70(19)45(28-34(4)5)55(81)64-40(15)54(80)65-41(16)58(84)71(20)46(29-35(6)7)60(86)72(21)47(30-36(8)9)61(87)73(22)51(38(12)13)63(89)74(23)52(57(83)66-43)53(79)39(14)31-42(75)25-26-49(77)78/h33-47,50-53,75,79H,24,27-32H2,1-23H3,(H,64,81)(H,65,80)(H,66,83)(H,67,82)(H,77,78)/t39-,40+,41+,42?,43+,44+,45+,46+,47+,50+,51+,52?,53-/m0/s1. The van der Waals surface area contributed by atoms with Crippen molar-refractivity contribution in [1.29, 1.82) is 0 Å². The number of aliphatic hydroxyl groups is 2. The quantitative estimate of drug-likeness (QED) is 0.113. The minimum Gasteiger partial charge on any atom is -0.472 e. The van der Waals surface area contributed by atoms with Crippen LogP contribution in [0.15, 0.2) is 0 Å². The zero-order valence-corrected chi connectivity index (χ0v) is 57.3. The molecule has 26 nitrogen and oxygen atoms in total. The highest BCUT2D eigenvalue weighted by Gasteiger charge is 2.46. The van der Waals surface area contributed by atoms with E-state index < -0.39 is 174 Å². The average molecular weight is 1260 g/mol. The van der Waals surface area contributed by atoms with Crippen molar-refractivity contribution in [2.24, 2.45) is 41.4 Å². The predicted octanol–water partition coefficient (Wildman–Crippen LogP) is 1.14. The molecule has 1 aliphatic heterocycles. The number of amides is 11. The second kappa shape index (κ2) is 36.1. The molecule has 1 rings (SSSR count). The summed E-state index contributed by atoms with van der Waals surface area (Å²) >= 11 is 0. The van der Waals surface area contributed by atoms with E-state index in [1.807, 2.05) is 61.3 Å². The molecule has 0 aliphatic carbocycles. The first-order valence-electron chi connectivity index (χ1n) is 31.1. The van der Waals surface area contributed by atoms with Crippen LogP contribution in [0.5, 0.6) is 0 Å². The van der Waals surface area contributed by atoms with Gasteiger partial charge < -0.3 is 70.9 Å². The third-order valence-electron chi connectivity index (χ3n) is 16.3. The number of nitrogens with zero attached hydrogens (tertiary/aromatic N) is 7. The molecule has 2 unspecified atom stereocenters. The van der Waals surface area contributed by atoms with Gasteiger partial charge in [-0.1, -0.05) is 103 Å². The highest BCUT2D eigenvalue weighted by molar-refractivity contribution is 5.99. The van der Waals surface area contributed by atoms with Crippen LogP contribution < -0.4 is 21.3 Å². The zero-order valence-electron chi connectivity index (χ0n) is 57.3. The lowest BCUT2D eigenvalue weighted by Gasteiger charge is -2.41. The highest BCUT2D eigenvalue weighted by Crippen LogP contribution is 2.26. The van der Waals surface area contributed by atoms with Gasteiger partial charge in [-0.25, -0.2) is 4.79 Å². The molecule has 13 atom stereocenters. The van der Waals surface area contributed by atoms with E-state index in [4.69, 9.17) is 5.11 Å². The monoisotopic (exact) mass is 1260 g/mol. The number of aliphatic carboxylic acids is 1. The summed E-state index contributed by atoms with van der Waals surface area (Å²) in [6.07, 6.45) is -3.51. The third kappa shape index (κ3) is 23.1. The summed E-state index contributed by atoms with van der Waals surface area (Å²) in [6, 6.07) is -13.2. The molecule has 89 heavy (non-hydrogen) atoms. The highest BCUT2D eigenvalue weighted by atomic mass is 16.4. The van der Waals surface area contributed by atoms with E-state index >= 15 is 9.59 Å². The fraction of sp³-hybridized carbons (Fsp3) is 0.778. The number of likely N-dealkylation sites (N-methyl/N-ethyl adjacent to an activating group) is 7. The van der Waals surface area contributed by atoms with Crippen molar-refractivity contribution < 1.29 is 72.9 Å². The number of rotatable bonds is 15. The van der Waals surface area contributed by atoms with E-state index in [0.29, 0.717) is 0 Å². The number of aliphatic hydroxyl groups excluding tert-OH is 2. The van der Waals surface area contributed by atoms with E-state index in [9.17, 15) is 58.2 Å². The second-order valence-corrected chi connectivity index (χ2v) is 26.6. The maximum atomic E-state index is 15.2. The van der Waals surface area contributed by atoms with Gasteiger partial charge in [0, 0.05) is 55.3 Å². The first-order chi connectivity index (χ1) is 41.0. The van der Waals surface area contributed by atoms with Crippen molar-refractivity contribution in [1.82, 2.24) is 55.6 Å². The molecule has 0 radical (unpaired) electrons. The maximum Gasteiger partial charge on any atom is 0.381 e. The normalized spacial score (nSPS) is 26.3. The third-order valence-corrected chi connectivity index (χ3v) is 16.3. The van der Waals surface area contributed by atoms with Gasteiger partial charge in [0.25, 0.3) is 0 Å². The zero-order chi connectivity index (χ0) is 69.1. The largest absolute Gasteiger partial charge is 0.472 e. The van der Waals surface area contributed by atoms with Gasteiger partial charge in [0.2, 0.25) is 65.0 Å². The molecule has 1 aliphatic rings. The van der Waals surface area contributed by atoms with Crippen LogP contribution in [-0.4, -0.2) is 249 Å². The fourth-order valence-electron chi connectivity index (χ4n) is 10.9. The molecule has 11 amide bonds. The Kier molecular flexibility index (Phi) is 32.5. The molecular weight excluding hydrogens is 1150 g/mol. The van der Waals surface area contributed by atoms with Crippen molar-refractivity contribution in [2.75, 3.05) is 55.9 Å². The van der Waals surface area contributed by atoms with Crippen LogP contribution in [0.2, 0.25) is 0 Å². The summed E-state index contributed by atoms with van der Waals surface area (Å²) in [6.45, 7) is 26.6. The van der Waals surface area contributed by atoms with Crippen LogP contribution in [0.3, 0.4) is 0 Å². The van der Waals surface area contributed by atoms with Gasteiger partial charge in [-0.3, -0.25) is 52.7 Å². The summed E-state index contributed by atoms with van der Waals surface area (Å²) in [5.41, 5.74) is 0. The number of carbonyl (C=O) groups is 12. The number of carboxylic acids is 1. The lowest BCUT2D eigenvalue weighted by Crippen LogP contribution is -2.63. The average Bonchev–Trinajstić information content (AvgIpc) is 0.940. The first kappa shape index (κ1) is 80.1. The molecule has 1 saturated heterocycles. The van der Waals surface area contributed by atoms with Crippen LogP contribution in [0.4, 0.5) is 0 Å². The van der Waals surface area contributed by atoms with Gasteiger partial charge in [0.15, 0.2) is 0 Å². The number of carbonyl (C=O) groups excluding carboxylic acids is 11. The first-order valence-corrected chi connectivity index (χ1v) is 31.1. The van der Waals surface area contributed by atoms with Gasteiger partial charge >= 0.3 is 5.97 Å². The molecule has 0 aromatic rings. The molecule has 0 spiro atoms. The minimum absolute atomic E-state index is 0.0767. The summed E-state index contributed by atoms with van der Waals surface area (Å²) in [7, 11) is 9.48. The Labute approximate surface area is 528 Å². The summed E-state index contributed by atoms with van der Waals surface area (Å²) < 4.78 is 0. The Hall–Kier alpha value is -6.88. The molecule has 7 N–H and O–H groups in total. The Balaban J connectivity index is 4.39. The van der Waals surface area contributed by atoms with Crippen molar-refractivity contribution in [3.63, 3.8) is 0 Å². The lowest BCUT2D eigenvalue weighted by molar-refractivity contribution is -0.157. The van der Waals surface area contributed by atoms with Gasteiger partial charge in [-0.2, -0.15) is 0 Å². The Morgan fingerprint density at radius 3 is 1.35 bits per heavy atom. The van der Waals surface area contributed by atoms with Crippen molar-refractivity contribution in [3.05, 3.63) is 0 Å². The van der Waals surface area contributed by atoms with Gasteiger partial charge in [0.05, 0.1) is 12.6 Å². The van der Waals surface area contributed by atoms with Crippen LogP contribution in [-0.2, 0) is 57.5 Å². The van der Waals surface area contributed by atoms with Gasteiger partial charge in [0.1, 0.15) is 66.5 Å². The van der Waals surface area contributed by atoms with E-state index in [2.05, 4.69) is 27.2 Å². The Bertz CT molecular complexity index is 2550. The van der Waals surface area contributed by atoms with E-state index in [1.54, 1.807) is 34.6 Å². The second-order valence-electron chi connectivity index (χ2n) is 26.6. The molecule has 506 valence electrons. The van der Waals surface area contributed by atoms with Crippen LogP contribution in [0, 0.1) is 53.3 Å². The predicted molar refractivity (Wildman–Crippen MR) is 335 cm³/mol. The molecule has 1 fully saturated rings. The number of carboxylic acid groups (broad SMARTS) is 1. The summed E-state index contributed by atoms with van der Waals surface area (Å²) in [4.78, 5) is 180. The molecule has 1 heterocycles. The molecular formula is C63H109N11O15. The number of hydrogen-bond donors (Lipinski definition) is 7. The van der Waals surface area contributed by atoms with Gasteiger partial charge in [-0.05, 0) is 93.8 Å². The van der Waals surface area contributed by atoms with Crippen LogP contribution in [0.1, 0.15) is 149 Å². The number of nitrogens with one attached hydrogen (secondary N) is 4. The van der Waals surface area contributed by atoms with E-state index in [0.717, 1.165) is 19.6 Å². The number of hydrogen-bond acceptors (Lipinski definition) is 14. The van der Waals surface area contributed by atoms with Crippen LogP contribution in [0.25, 0.3) is 0 Å². The Morgan fingerprint density at radius 2 is 0.899 bits per heavy atom. The van der Waals surface area contributed by atoms with E-state index in [1.165, 1.54) is 84.8 Å². The topological polar surface area (TPSA) is 336 Å². The summed E-state index contributed by atoms with van der Waals surface area (Å²) in [5, 5.41) is 42.8. The molecule has 0 aromatic carbocycles. The maximum absolute atomic E-state index is 15.2.